The summed E-state index contributed by atoms with van der Waals surface area (Å²) in [5, 5.41) is 0. The summed E-state index contributed by atoms with van der Waals surface area (Å²) < 4.78 is 39.7. The first-order valence-electron chi connectivity index (χ1n) is 5.53. The van der Waals surface area contributed by atoms with Gasteiger partial charge < -0.3 is 10.5 Å². The SMILES string of the molecule is C[C@H](C(N)=O)N(C)Cc1ccc(OC(F)(F)F)cc1. The third-order valence-corrected chi connectivity index (χ3v) is 2.66. The minimum Gasteiger partial charge on any atom is -0.406 e. The lowest BCUT2D eigenvalue weighted by Gasteiger charge is -2.22. The maximum absolute atomic E-state index is 12.0. The predicted molar refractivity (Wildman–Crippen MR) is 63.2 cm³/mol. The van der Waals surface area contributed by atoms with Gasteiger partial charge in [-0.15, -0.1) is 13.2 Å². The molecule has 1 aromatic rings. The number of rotatable bonds is 5. The van der Waals surface area contributed by atoms with Gasteiger partial charge >= 0.3 is 6.36 Å². The van der Waals surface area contributed by atoms with Gasteiger partial charge in [0.05, 0.1) is 6.04 Å². The summed E-state index contributed by atoms with van der Waals surface area (Å²) in [5.41, 5.74) is 5.91. The Morgan fingerprint density at radius 3 is 2.32 bits per heavy atom. The number of primary amides is 1. The molecule has 0 spiro atoms. The molecule has 4 nitrogen and oxygen atoms in total. The number of halogens is 3. The summed E-state index contributed by atoms with van der Waals surface area (Å²) in [6.07, 6.45) is -4.70. The Hall–Kier alpha value is -1.76. The average molecular weight is 276 g/mol. The van der Waals surface area contributed by atoms with Crippen LogP contribution in [0.2, 0.25) is 0 Å². The topological polar surface area (TPSA) is 55.6 Å². The van der Waals surface area contributed by atoms with Gasteiger partial charge in [-0.3, -0.25) is 9.69 Å². The minimum absolute atomic E-state index is 0.276. The fourth-order valence-electron chi connectivity index (χ4n) is 1.44. The predicted octanol–water partition coefficient (Wildman–Crippen LogP) is 1.89. The van der Waals surface area contributed by atoms with Crippen LogP contribution in [0.3, 0.4) is 0 Å². The zero-order valence-electron chi connectivity index (χ0n) is 10.6. The molecule has 0 unspecified atom stereocenters. The summed E-state index contributed by atoms with van der Waals surface area (Å²) in [4.78, 5) is 12.7. The summed E-state index contributed by atoms with van der Waals surface area (Å²) in [7, 11) is 1.70. The lowest BCUT2D eigenvalue weighted by molar-refractivity contribution is -0.274. The Kier molecular flexibility index (Phi) is 4.77. The van der Waals surface area contributed by atoms with E-state index >= 15 is 0 Å². The van der Waals surface area contributed by atoms with Gasteiger partial charge in [0.2, 0.25) is 5.91 Å². The van der Waals surface area contributed by atoms with Crippen LogP contribution in [-0.4, -0.2) is 30.3 Å². The third kappa shape index (κ3) is 5.17. The van der Waals surface area contributed by atoms with Crippen molar-refractivity contribution in [2.75, 3.05) is 7.05 Å². The molecule has 0 aliphatic heterocycles. The van der Waals surface area contributed by atoms with Gasteiger partial charge in [0.25, 0.3) is 0 Å². The van der Waals surface area contributed by atoms with Gasteiger partial charge in [0.15, 0.2) is 0 Å². The highest BCUT2D eigenvalue weighted by Crippen LogP contribution is 2.23. The molecule has 19 heavy (non-hydrogen) atoms. The Morgan fingerprint density at radius 1 is 1.37 bits per heavy atom. The Labute approximate surface area is 108 Å². The molecule has 1 atom stereocenters. The largest absolute Gasteiger partial charge is 0.573 e. The fraction of sp³-hybridized carbons (Fsp3) is 0.417. The van der Waals surface area contributed by atoms with Crippen LogP contribution in [0.4, 0.5) is 13.2 Å². The van der Waals surface area contributed by atoms with E-state index in [1.807, 2.05) is 0 Å². The van der Waals surface area contributed by atoms with Crippen LogP contribution in [0.1, 0.15) is 12.5 Å². The van der Waals surface area contributed by atoms with Crippen LogP contribution in [0.5, 0.6) is 5.75 Å². The fourth-order valence-corrected chi connectivity index (χ4v) is 1.44. The summed E-state index contributed by atoms with van der Waals surface area (Å²) in [6, 6.07) is 5.01. The highest BCUT2D eigenvalue weighted by Gasteiger charge is 2.30. The Balaban J connectivity index is 2.64. The number of nitrogens with zero attached hydrogens (tertiary/aromatic N) is 1. The summed E-state index contributed by atoms with van der Waals surface area (Å²) in [5.74, 6) is -0.735. The molecule has 7 heteroatoms. The molecule has 1 rings (SSSR count). The van der Waals surface area contributed by atoms with E-state index in [-0.39, 0.29) is 5.75 Å². The molecule has 0 aliphatic rings. The van der Waals surface area contributed by atoms with Crippen molar-refractivity contribution in [2.24, 2.45) is 5.73 Å². The molecular weight excluding hydrogens is 261 g/mol. The van der Waals surface area contributed by atoms with Crippen molar-refractivity contribution in [2.45, 2.75) is 25.9 Å². The Morgan fingerprint density at radius 2 is 1.89 bits per heavy atom. The van der Waals surface area contributed by atoms with Crippen molar-refractivity contribution in [1.29, 1.82) is 0 Å². The Bertz CT molecular complexity index is 432. The molecule has 0 saturated carbocycles. The van der Waals surface area contributed by atoms with E-state index in [9.17, 15) is 18.0 Å². The smallest absolute Gasteiger partial charge is 0.406 e. The van der Waals surface area contributed by atoms with Crippen molar-refractivity contribution >= 4 is 5.91 Å². The zero-order chi connectivity index (χ0) is 14.6. The number of hydrogen-bond donors (Lipinski definition) is 1. The van der Waals surface area contributed by atoms with E-state index in [2.05, 4.69) is 4.74 Å². The van der Waals surface area contributed by atoms with E-state index in [4.69, 9.17) is 5.73 Å². The molecule has 1 amide bonds. The number of benzene rings is 1. The van der Waals surface area contributed by atoms with Gasteiger partial charge in [-0.05, 0) is 31.7 Å². The number of nitrogens with two attached hydrogens (primary N) is 1. The molecule has 1 aromatic carbocycles. The lowest BCUT2D eigenvalue weighted by Crippen LogP contribution is -2.39. The van der Waals surface area contributed by atoms with Crippen molar-refractivity contribution in [1.82, 2.24) is 4.90 Å². The number of carbonyl (C=O) groups excluding carboxylic acids is 1. The van der Waals surface area contributed by atoms with Crippen LogP contribution >= 0.6 is 0 Å². The van der Waals surface area contributed by atoms with E-state index in [0.717, 1.165) is 5.56 Å². The molecule has 0 radical (unpaired) electrons. The normalized spacial score (nSPS) is 13.4. The van der Waals surface area contributed by atoms with E-state index in [1.165, 1.54) is 24.3 Å². The average Bonchev–Trinajstić information content (AvgIpc) is 2.28. The number of carbonyl (C=O) groups is 1. The molecule has 0 aromatic heterocycles. The van der Waals surface area contributed by atoms with Crippen molar-refractivity contribution in [3.05, 3.63) is 29.8 Å². The minimum atomic E-state index is -4.70. The summed E-state index contributed by atoms with van der Waals surface area (Å²) in [6.45, 7) is 2.06. The first-order valence-corrected chi connectivity index (χ1v) is 5.53. The van der Waals surface area contributed by atoms with Gasteiger partial charge in [0, 0.05) is 6.54 Å². The highest BCUT2D eigenvalue weighted by molar-refractivity contribution is 5.79. The molecule has 0 heterocycles. The van der Waals surface area contributed by atoms with Crippen LogP contribution in [0.25, 0.3) is 0 Å². The number of alkyl halides is 3. The molecular formula is C12H15F3N2O2. The van der Waals surface area contributed by atoms with Crippen LogP contribution in [-0.2, 0) is 11.3 Å². The number of hydrogen-bond acceptors (Lipinski definition) is 3. The van der Waals surface area contributed by atoms with E-state index < -0.39 is 18.3 Å². The number of likely N-dealkylation sites (N-methyl/N-ethyl adjacent to an activating group) is 1. The van der Waals surface area contributed by atoms with Crippen molar-refractivity contribution in [3.63, 3.8) is 0 Å². The molecule has 2 N–H and O–H groups in total. The summed E-state index contributed by atoms with van der Waals surface area (Å²) >= 11 is 0. The molecule has 106 valence electrons. The molecule has 0 fully saturated rings. The lowest BCUT2D eigenvalue weighted by atomic mass is 10.2. The first kappa shape index (κ1) is 15.3. The van der Waals surface area contributed by atoms with Crippen molar-refractivity contribution < 1.29 is 22.7 Å². The van der Waals surface area contributed by atoms with Crippen LogP contribution in [0.15, 0.2) is 24.3 Å². The van der Waals surface area contributed by atoms with E-state index in [0.29, 0.717) is 6.54 Å². The van der Waals surface area contributed by atoms with E-state index in [1.54, 1.807) is 18.9 Å². The number of amides is 1. The monoisotopic (exact) mass is 276 g/mol. The number of ether oxygens (including phenoxy) is 1. The van der Waals surface area contributed by atoms with Gasteiger partial charge in [0.1, 0.15) is 5.75 Å². The molecule has 0 saturated heterocycles. The zero-order valence-corrected chi connectivity index (χ0v) is 10.6. The van der Waals surface area contributed by atoms with Crippen LogP contribution in [0, 0.1) is 0 Å². The maximum atomic E-state index is 12.0. The van der Waals surface area contributed by atoms with Gasteiger partial charge in [-0.2, -0.15) is 0 Å². The molecule has 0 bridgehead atoms. The standard InChI is InChI=1S/C12H15F3N2O2/c1-8(11(16)18)17(2)7-9-3-5-10(6-4-9)19-12(13,14)15/h3-6,8H,7H2,1-2H3,(H2,16,18)/t8-/m1/s1. The second-order valence-corrected chi connectivity index (χ2v) is 4.19. The van der Waals surface area contributed by atoms with Crippen LogP contribution < -0.4 is 10.5 Å². The van der Waals surface area contributed by atoms with Gasteiger partial charge in [-0.25, -0.2) is 0 Å². The second-order valence-electron chi connectivity index (χ2n) is 4.19. The molecule has 0 aliphatic carbocycles. The first-order chi connectivity index (χ1) is 8.69. The third-order valence-electron chi connectivity index (χ3n) is 2.66. The maximum Gasteiger partial charge on any atom is 0.573 e. The van der Waals surface area contributed by atoms with Crippen molar-refractivity contribution in [3.8, 4) is 5.75 Å². The highest BCUT2D eigenvalue weighted by atomic mass is 19.4. The second kappa shape index (κ2) is 5.92. The quantitative estimate of drug-likeness (QED) is 0.893. The van der Waals surface area contributed by atoms with Gasteiger partial charge in [-0.1, -0.05) is 12.1 Å².